The molecular formula is C21H25NO4. The summed E-state index contributed by atoms with van der Waals surface area (Å²) in [5, 5.41) is 0. The van der Waals surface area contributed by atoms with Crippen LogP contribution in [0.4, 0.5) is 0 Å². The fourth-order valence-corrected chi connectivity index (χ4v) is 4.22. The lowest BCUT2D eigenvalue weighted by Gasteiger charge is -2.40. The highest BCUT2D eigenvalue weighted by molar-refractivity contribution is 5.85. The summed E-state index contributed by atoms with van der Waals surface area (Å²) in [7, 11) is -0.309. The fourth-order valence-electron chi connectivity index (χ4n) is 4.22. The highest BCUT2D eigenvalue weighted by Crippen LogP contribution is 2.53. The first-order valence-corrected chi connectivity index (χ1v) is 8.45. The minimum atomic E-state index is -2.63. The zero-order valence-electron chi connectivity index (χ0n) is 21.0. The summed E-state index contributed by atoms with van der Waals surface area (Å²) >= 11 is 0. The van der Waals surface area contributed by atoms with Crippen LogP contribution in [0, 0.1) is 0 Å². The van der Waals surface area contributed by atoms with Gasteiger partial charge in [0.15, 0.2) is 23.0 Å². The largest absolute Gasteiger partial charge is 0.493 e. The molecule has 0 aromatic heterocycles. The van der Waals surface area contributed by atoms with Crippen LogP contribution in [0.3, 0.4) is 0 Å². The van der Waals surface area contributed by atoms with Crippen molar-refractivity contribution >= 4 is 0 Å². The van der Waals surface area contributed by atoms with Crippen molar-refractivity contribution in [2.24, 2.45) is 0 Å². The lowest BCUT2D eigenvalue weighted by atomic mass is 9.76. The number of fused-ring (bicyclic) bond motifs is 2. The molecule has 0 saturated carbocycles. The zero-order chi connectivity index (χ0) is 23.4. The molecule has 1 aliphatic carbocycles. The van der Waals surface area contributed by atoms with Crippen LogP contribution in [0.15, 0.2) is 18.2 Å². The molecule has 2 aromatic carbocycles. The van der Waals surface area contributed by atoms with Crippen LogP contribution in [-0.4, -0.2) is 46.8 Å². The predicted octanol–water partition coefficient (Wildman–Crippen LogP) is 3.47. The van der Waals surface area contributed by atoms with Crippen molar-refractivity contribution < 1.29 is 27.2 Å². The Morgan fingerprint density at radius 2 is 1.69 bits per heavy atom. The first-order chi connectivity index (χ1) is 14.9. The third kappa shape index (κ3) is 2.34. The molecular weight excluding hydrogens is 330 g/mol. The first-order valence-electron chi connectivity index (χ1n) is 11.4. The van der Waals surface area contributed by atoms with Gasteiger partial charge in [-0.1, -0.05) is 0 Å². The molecule has 4 rings (SSSR count). The number of methoxy groups -OCH3 is 4. The smallest absolute Gasteiger partial charge is 0.168 e. The molecule has 138 valence electrons. The van der Waals surface area contributed by atoms with E-state index < -0.39 is 14.1 Å². The number of ether oxygens (including phenoxy) is 4. The van der Waals surface area contributed by atoms with E-state index in [9.17, 15) is 0 Å². The molecule has 26 heavy (non-hydrogen) atoms. The Balaban J connectivity index is 1.99. The van der Waals surface area contributed by atoms with Crippen molar-refractivity contribution in [3.8, 4) is 34.1 Å². The molecule has 0 N–H and O–H groups in total. The topological polar surface area (TPSA) is 40.2 Å². The maximum absolute atomic E-state index is 7.57. The Labute approximate surface area is 162 Å². The molecule has 1 aliphatic heterocycles. The number of benzene rings is 2. The minimum absolute atomic E-state index is 0.0194. The average molecular weight is 361 g/mol. The number of rotatable bonds is 4. The Kier molecular flexibility index (Phi) is 2.79. The standard InChI is InChI=1S/C21H25NO4/c1-22-7-6-12-9-18(25-4)21(26-5)20-14-11-17(24-3)16(23-2)10-13(14)8-15(22)19(12)20/h9-11,15H,6-8H2,1-5H3/t15-/m0/s1/i2D3,4D3. The van der Waals surface area contributed by atoms with Gasteiger partial charge in [-0.25, -0.2) is 0 Å². The van der Waals surface area contributed by atoms with Crippen molar-refractivity contribution in [2.45, 2.75) is 18.9 Å². The van der Waals surface area contributed by atoms with E-state index in [2.05, 4.69) is 4.90 Å². The third-order valence-corrected chi connectivity index (χ3v) is 5.47. The summed E-state index contributed by atoms with van der Waals surface area (Å²) in [6.45, 7) is 0.792. The quantitative estimate of drug-likeness (QED) is 0.834. The molecule has 0 fully saturated rings. The molecule has 1 heterocycles. The SMILES string of the molecule is [2H]C([2H])([2H])Oc1cc2c(cc1OC)-c1c(OC)c(OC([2H])([2H])[2H])cc3c1[C@H](C2)N(C)CC3. The molecule has 1 atom stereocenters. The van der Waals surface area contributed by atoms with Gasteiger partial charge in [0.1, 0.15) is 0 Å². The van der Waals surface area contributed by atoms with Gasteiger partial charge in [0.05, 0.1) is 36.5 Å². The van der Waals surface area contributed by atoms with E-state index in [0.29, 0.717) is 12.2 Å². The van der Waals surface area contributed by atoms with E-state index in [1.54, 1.807) is 18.2 Å². The van der Waals surface area contributed by atoms with Gasteiger partial charge in [-0.05, 0) is 60.3 Å². The van der Waals surface area contributed by atoms with Crippen molar-refractivity contribution in [3.05, 3.63) is 34.9 Å². The molecule has 0 unspecified atom stereocenters. The van der Waals surface area contributed by atoms with Gasteiger partial charge in [0.25, 0.3) is 0 Å². The van der Waals surface area contributed by atoms with Gasteiger partial charge < -0.3 is 18.9 Å². The fraction of sp³-hybridized carbons (Fsp3) is 0.429. The Morgan fingerprint density at radius 1 is 0.962 bits per heavy atom. The van der Waals surface area contributed by atoms with Gasteiger partial charge in [0, 0.05) is 18.2 Å². The molecule has 2 aliphatic rings. The predicted molar refractivity (Wildman–Crippen MR) is 101 cm³/mol. The van der Waals surface area contributed by atoms with Crippen LogP contribution in [0.5, 0.6) is 23.0 Å². The van der Waals surface area contributed by atoms with E-state index in [4.69, 9.17) is 27.2 Å². The summed E-state index contributed by atoms with van der Waals surface area (Å²) < 4.78 is 66.8. The average Bonchev–Trinajstić information content (AvgIpc) is 2.67. The van der Waals surface area contributed by atoms with Gasteiger partial charge in [-0.2, -0.15) is 0 Å². The van der Waals surface area contributed by atoms with Crippen molar-refractivity contribution in [3.63, 3.8) is 0 Å². The minimum Gasteiger partial charge on any atom is -0.493 e. The lowest BCUT2D eigenvalue weighted by Crippen LogP contribution is -2.35. The van der Waals surface area contributed by atoms with Crippen molar-refractivity contribution in [1.82, 2.24) is 4.90 Å². The lowest BCUT2D eigenvalue weighted by molar-refractivity contribution is 0.226. The van der Waals surface area contributed by atoms with E-state index >= 15 is 0 Å². The van der Waals surface area contributed by atoms with Gasteiger partial charge in [-0.3, -0.25) is 4.90 Å². The Morgan fingerprint density at radius 3 is 2.42 bits per heavy atom. The molecule has 0 radical (unpaired) electrons. The van der Waals surface area contributed by atoms with Crippen molar-refractivity contribution in [1.29, 1.82) is 0 Å². The molecule has 0 bridgehead atoms. The third-order valence-electron chi connectivity index (χ3n) is 5.47. The van der Waals surface area contributed by atoms with E-state index in [0.717, 1.165) is 40.8 Å². The second-order valence-corrected chi connectivity index (χ2v) is 6.67. The van der Waals surface area contributed by atoms with Crippen LogP contribution in [0.25, 0.3) is 11.1 Å². The molecule has 2 aromatic rings. The Hall–Kier alpha value is -2.40. The molecule has 0 spiro atoms. The molecule has 5 heteroatoms. The summed E-state index contributed by atoms with van der Waals surface area (Å²) in [6, 6.07) is 5.19. The van der Waals surface area contributed by atoms with Gasteiger partial charge >= 0.3 is 0 Å². The second kappa shape index (κ2) is 6.40. The molecule has 0 saturated heterocycles. The zero-order valence-corrected chi connectivity index (χ0v) is 15.0. The Bertz CT molecular complexity index is 1050. The normalized spacial score (nSPS) is 22.3. The van der Waals surface area contributed by atoms with E-state index in [-0.39, 0.29) is 23.3 Å². The van der Waals surface area contributed by atoms with Crippen molar-refractivity contribution in [2.75, 3.05) is 41.9 Å². The van der Waals surface area contributed by atoms with E-state index in [1.165, 1.54) is 14.2 Å². The molecule has 0 amide bonds. The summed E-state index contributed by atoms with van der Waals surface area (Å²) in [5.74, 6) is 0.870. The summed E-state index contributed by atoms with van der Waals surface area (Å²) in [4.78, 5) is 2.23. The van der Waals surface area contributed by atoms with Gasteiger partial charge in [0.2, 0.25) is 0 Å². The second-order valence-electron chi connectivity index (χ2n) is 6.67. The van der Waals surface area contributed by atoms with Crippen LogP contribution < -0.4 is 18.9 Å². The van der Waals surface area contributed by atoms with E-state index in [1.807, 2.05) is 7.05 Å². The van der Waals surface area contributed by atoms with Crippen LogP contribution in [0.1, 0.15) is 31.0 Å². The number of hydrogen-bond donors (Lipinski definition) is 0. The summed E-state index contributed by atoms with van der Waals surface area (Å²) in [5.41, 5.74) is 4.44. The highest BCUT2D eigenvalue weighted by atomic mass is 16.5. The highest BCUT2D eigenvalue weighted by Gasteiger charge is 2.36. The number of nitrogens with zero attached hydrogens (tertiary/aromatic N) is 1. The maximum atomic E-state index is 7.57. The van der Waals surface area contributed by atoms with Crippen LogP contribution in [0.2, 0.25) is 0 Å². The summed E-state index contributed by atoms with van der Waals surface area (Å²) in [6.07, 6.45) is 1.37. The van der Waals surface area contributed by atoms with Crippen LogP contribution >= 0.6 is 0 Å². The van der Waals surface area contributed by atoms with Crippen LogP contribution in [-0.2, 0) is 12.8 Å². The monoisotopic (exact) mass is 361 g/mol. The maximum Gasteiger partial charge on any atom is 0.168 e. The number of hydrogen-bond acceptors (Lipinski definition) is 5. The number of likely N-dealkylation sites (N-methyl/N-ethyl adjacent to an activating group) is 1. The van der Waals surface area contributed by atoms with Gasteiger partial charge in [-0.15, -0.1) is 0 Å². The first kappa shape index (κ1) is 11.3. The molecule has 5 nitrogen and oxygen atoms in total.